The first-order valence-corrected chi connectivity index (χ1v) is 11.7. The monoisotopic (exact) mass is 470 g/mol. The van der Waals surface area contributed by atoms with Gasteiger partial charge in [0.2, 0.25) is 24.5 Å². The lowest BCUT2D eigenvalue weighted by molar-refractivity contribution is -0.125. The van der Waals surface area contributed by atoms with E-state index in [-0.39, 0.29) is 49.2 Å². The highest BCUT2D eigenvalue weighted by Gasteiger charge is 2.28. The van der Waals surface area contributed by atoms with Gasteiger partial charge in [0, 0.05) is 32.0 Å². The minimum absolute atomic E-state index is 0.128. The molecule has 2 heterocycles. The van der Waals surface area contributed by atoms with Crippen LogP contribution in [0.1, 0.15) is 24.0 Å². The number of hydrogen-bond acceptors (Lipinski definition) is 7. The average Bonchev–Trinajstić information content (AvgIpc) is 3.28. The molecule has 2 unspecified atom stereocenters. The maximum absolute atomic E-state index is 12.3. The summed E-state index contributed by atoms with van der Waals surface area (Å²) in [5.74, 6) is 1.10. The van der Waals surface area contributed by atoms with E-state index in [9.17, 15) is 14.4 Å². The lowest BCUT2D eigenvalue weighted by Gasteiger charge is -2.30. The summed E-state index contributed by atoms with van der Waals surface area (Å²) in [4.78, 5) is 36.6. The second-order valence-corrected chi connectivity index (χ2v) is 8.85. The first kappa shape index (κ1) is 22.9. The summed E-state index contributed by atoms with van der Waals surface area (Å²) in [6, 6.07) is 14.9. The van der Waals surface area contributed by atoms with E-state index in [2.05, 4.69) is 21.3 Å². The van der Waals surface area contributed by atoms with Crippen LogP contribution < -0.4 is 30.7 Å². The molecule has 2 aliphatic rings. The minimum atomic E-state index is -0.436. The minimum Gasteiger partial charge on any atom is -0.454 e. The fourth-order valence-corrected chi connectivity index (χ4v) is 4.44. The highest BCUT2D eigenvalue weighted by molar-refractivity contribution is 8.00. The van der Waals surface area contributed by atoms with Crippen molar-refractivity contribution in [3.05, 3.63) is 59.7 Å². The normalized spacial score (nSPS) is 19.0. The SMILES string of the molecule is O=C(CSC1NC(=O)CC(CC(=O)NCc2ccccc2)N1)NCc1ccc2c(c1)OCO2. The molecule has 0 aliphatic carbocycles. The van der Waals surface area contributed by atoms with Crippen LogP contribution in [0.5, 0.6) is 11.5 Å². The van der Waals surface area contributed by atoms with Gasteiger partial charge in [0.05, 0.1) is 5.75 Å². The predicted molar refractivity (Wildman–Crippen MR) is 123 cm³/mol. The van der Waals surface area contributed by atoms with Crippen molar-refractivity contribution in [1.29, 1.82) is 0 Å². The number of benzene rings is 2. The summed E-state index contributed by atoms with van der Waals surface area (Å²) in [6.45, 7) is 1.02. The van der Waals surface area contributed by atoms with E-state index in [0.29, 0.717) is 24.6 Å². The second-order valence-electron chi connectivity index (χ2n) is 7.76. The number of thioether (sulfide) groups is 1. The van der Waals surface area contributed by atoms with Gasteiger partial charge >= 0.3 is 0 Å². The zero-order chi connectivity index (χ0) is 23.0. The molecule has 0 radical (unpaired) electrons. The Morgan fingerprint density at radius 3 is 2.58 bits per heavy atom. The number of amides is 3. The highest BCUT2D eigenvalue weighted by atomic mass is 32.2. The van der Waals surface area contributed by atoms with Crippen molar-refractivity contribution in [3.8, 4) is 11.5 Å². The van der Waals surface area contributed by atoms with Crippen molar-refractivity contribution in [2.45, 2.75) is 37.5 Å². The van der Waals surface area contributed by atoms with E-state index >= 15 is 0 Å². The van der Waals surface area contributed by atoms with E-state index in [1.54, 1.807) is 0 Å². The molecule has 0 saturated carbocycles. The molecule has 3 amide bonds. The van der Waals surface area contributed by atoms with Gasteiger partial charge in [-0.05, 0) is 23.3 Å². The van der Waals surface area contributed by atoms with Crippen LogP contribution in [0, 0.1) is 0 Å². The van der Waals surface area contributed by atoms with Crippen LogP contribution in [0.4, 0.5) is 0 Å². The van der Waals surface area contributed by atoms with Gasteiger partial charge in [-0.15, -0.1) is 11.8 Å². The van der Waals surface area contributed by atoms with Crippen LogP contribution in [0.25, 0.3) is 0 Å². The molecule has 2 aromatic rings. The van der Waals surface area contributed by atoms with E-state index in [0.717, 1.165) is 11.1 Å². The van der Waals surface area contributed by atoms with Crippen LogP contribution in [0.3, 0.4) is 0 Å². The number of ether oxygens (including phenoxy) is 2. The Balaban J connectivity index is 1.17. The maximum Gasteiger partial charge on any atom is 0.231 e. The number of hydrogen-bond donors (Lipinski definition) is 4. The van der Waals surface area contributed by atoms with Gasteiger partial charge in [-0.3, -0.25) is 19.7 Å². The summed E-state index contributed by atoms with van der Waals surface area (Å²) in [6.07, 6.45) is 0.403. The van der Waals surface area contributed by atoms with Crippen molar-refractivity contribution in [3.63, 3.8) is 0 Å². The summed E-state index contributed by atoms with van der Waals surface area (Å²) >= 11 is 1.27. The highest BCUT2D eigenvalue weighted by Crippen LogP contribution is 2.32. The van der Waals surface area contributed by atoms with Gasteiger partial charge < -0.3 is 25.4 Å². The van der Waals surface area contributed by atoms with Crippen LogP contribution >= 0.6 is 11.8 Å². The van der Waals surface area contributed by atoms with Crippen LogP contribution in [-0.4, -0.2) is 41.8 Å². The molecule has 10 heteroatoms. The fraction of sp³-hybridized carbons (Fsp3) is 0.348. The summed E-state index contributed by atoms with van der Waals surface area (Å²) in [5.41, 5.74) is 1.48. The van der Waals surface area contributed by atoms with Gasteiger partial charge in [-0.1, -0.05) is 36.4 Å². The Morgan fingerprint density at radius 1 is 0.970 bits per heavy atom. The van der Waals surface area contributed by atoms with Crippen molar-refractivity contribution in [2.24, 2.45) is 0 Å². The smallest absolute Gasteiger partial charge is 0.231 e. The fourth-order valence-electron chi connectivity index (χ4n) is 3.52. The lowest BCUT2D eigenvalue weighted by Crippen LogP contribution is -2.56. The Labute approximate surface area is 196 Å². The van der Waals surface area contributed by atoms with Gasteiger partial charge in [-0.2, -0.15) is 0 Å². The number of carbonyl (C=O) groups excluding carboxylic acids is 3. The maximum atomic E-state index is 12.3. The molecule has 0 spiro atoms. The average molecular weight is 471 g/mol. The third-order valence-corrected chi connectivity index (χ3v) is 6.20. The molecule has 2 aromatic carbocycles. The molecule has 2 aliphatic heterocycles. The molecule has 0 bridgehead atoms. The lowest BCUT2D eigenvalue weighted by atomic mass is 10.1. The van der Waals surface area contributed by atoms with E-state index in [1.807, 2.05) is 48.5 Å². The van der Waals surface area contributed by atoms with Crippen LogP contribution in [-0.2, 0) is 27.5 Å². The Hall–Kier alpha value is -3.24. The van der Waals surface area contributed by atoms with Crippen molar-refractivity contribution >= 4 is 29.5 Å². The Bertz CT molecular complexity index is 1000. The number of nitrogens with one attached hydrogen (secondary N) is 4. The molecule has 1 saturated heterocycles. The standard InChI is InChI=1S/C23H26N4O5S/c28-20(24-11-15-4-2-1-3-5-15)9-17-10-21(29)27-23(26-17)33-13-22(30)25-12-16-6-7-18-19(8-16)32-14-31-18/h1-8,17,23,26H,9-14H2,(H,24,28)(H,25,30)(H,27,29). The van der Waals surface area contributed by atoms with Crippen LogP contribution in [0.2, 0.25) is 0 Å². The zero-order valence-corrected chi connectivity index (χ0v) is 18.8. The Morgan fingerprint density at radius 2 is 1.73 bits per heavy atom. The summed E-state index contributed by atoms with van der Waals surface area (Å²) in [7, 11) is 0. The molecule has 4 rings (SSSR count). The van der Waals surface area contributed by atoms with E-state index in [4.69, 9.17) is 9.47 Å². The molecule has 33 heavy (non-hydrogen) atoms. The predicted octanol–water partition coefficient (Wildman–Crippen LogP) is 1.23. The third kappa shape index (κ3) is 6.87. The third-order valence-electron chi connectivity index (χ3n) is 5.18. The van der Waals surface area contributed by atoms with E-state index in [1.165, 1.54) is 11.8 Å². The number of fused-ring (bicyclic) bond motifs is 1. The quantitative estimate of drug-likeness (QED) is 0.435. The molecular formula is C23H26N4O5S. The summed E-state index contributed by atoms with van der Waals surface area (Å²) < 4.78 is 10.6. The number of carbonyl (C=O) groups is 3. The molecule has 2 atom stereocenters. The van der Waals surface area contributed by atoms with Gasteiger partial charge in [0.1, 0.15) is 5.50 Å². The topological polar surface area (TPSA) is 118 Å². The molecular weight excluding hydrogens is 444 g/mol. The zero-order valence-electron chi connectivity index (χ0n) is 18.0. The van der Waals surface area contributed by atoms with Gasteiger partial charge in [0.25, 0.3) is 0 Å². The molecule has 174 valence electrons. The van der Waals surface area contributed by atoms with Crippen molar-refractivity contribution < 1.29 is 23.9 Å². The molecule has 4 N–H and O–H groups in total. The van der Waals surface area contributed by atoms with Crippen LogP contribution in [0.15, 0.2) is 48.5 Å². The largest absolute Gasteiger partial charge is 0.454 e. The van der Waals surface area contributed by atoms with Crippen molar-refractivity contribution in [2.75, 3.05) is 12.5 Å². The first-order chi connectivity index (χ1) is 16.0. The Kier molecular flexibility index (Phi) is 7.69. The van der Waals surface area contributed by atoms with Gasteiger partial charge in [0.15, 0.2) is 11.5 Å². The van der Waals surface area contributed by atoms with Crippen molar-refractivity contribution in [1.82, 2.24) is 21.3 Å². The second kappa shape index (κ2) is 11.1. The molecule has 1 fully saturated rings. The molecule has 9 nitrogen and oxygen atoms in total. The van der Waals surface area contributed by atoms with E-state index < -0.39 is 5.50 Å². The first-order valence-electron chi connectivity index (χ1n) is 10.7. The molecule has 0 aromatic heterocycles. The number of rotatable bonds is 9. The summed E-state index contributed by atoms with van der Waals surface area (Å²) in [5, 5.41) is 11.8. The van der Waals surface area contributed by atoms with Gasteiger partial charge in [-0.25, -0.2) is 0 Å².